The monoisotopic (exact) mass is 297 g/mol. The quantitative estimate of drug-likeness (QED) is 0.893. The van der Waals surface area contributed by atoms with Gasteiger partial charge in [0.05, 0.1) is 5.41 Å². The third-order valence-corrected chi connectivity index (χ3v) is 5.53. The number of amides is 1. The van der Waals surface area contributed by atoms with Crippen LogP contribution in [0.25, 0.3) is 0 Å². The highest BCUT2D eigenvalue weighted by Gasteiger charge is 2.58. The van der Waals surface area contributed by atoms with Gasteiger partial charge in [0.15, 0.2) is 0 Å². The average Bonchev–Trinajstić information content (AvgIpc) is 2.83. The summed E-state index contributed by atoms with van der Waals surface area (Å²) in [5, 5.41) is 21.2. The van der Waals surface area contributed by atoms with Gasteiger partial charge in [0, 0.05) is 5.92 Å². The Morgan fingerprint density at radius 1 is 1.35 bits per heavy atom. The Morgan fingerprint density at radius 3 is 2.45 bits per heavy atom. The van der Waals surface area contributed by atoms with Crippen molar-refractivity contribution in [3.8, 4) is 0 Å². The lowest BCUT2D eigenvalue weighted by Gasteiger charge is -2.37. The van der Waals surface area contributed by atoms with Crippen molar-refractivity contribution in [3.05, 3.63) is 5.01 Å². The molecule has 2 rings (SSSR count). The summed E-state index contributed by atoms with van der Waals surface area (Å²) in [7, 11) is 0. The second-order valence-corrected chi connectivity index (χ2v) is 7.25. The molecule has 6 nitrogen and oxygen atoms in total. The summed E-state index contributed by atoms with van der Waals surface area (Å²) in [6.07, 6.45) is 1.07. The molecule has 7 heteroatoms. The van der Waals surface area contributed by atoms with Gasteiger partial charge in [0.25, 0.3) is 0 Å². The van der Waals surface area contributed by atoms with Gasteiger partial charge in [0.2, 0.25) is 11.0 Å². The van der Waals surface area contributed by atoms with E-state index in [2.05, 4.69) is 15.5 Å². The number of rotatable bonds is 3. The number of anilines is 1. The van der Waals surface area contributed by atoms with E-state index in [-0.39, 0.29) is 11.8 Å². The molecule has 0 radical (unpaired) electrons. The molecule has 1 fully saturated rings. The zero-order chi connectivity index (χ0) is 15.1. The van der Waals surface area contributed by atoms with Gasteiger partial charge in [-0.15, -0.1) is 10.2 Å². The minimum Gasteiger partial charge on any atom is -0.481 e. The molecule has 0 saturated heterocycles. The molecule has 1 aromatic rings. The SMILES string of the molecule is Cc1nnc(NC(=O)[C@H]2CC[C@](C)(C(=O)O)C2(C)C)s1. The third kappa shape index (κ3) is 2.19. The predicted octanol–water partition coefficient (Wildman–Crippen LogP) is 2.31. The number of hydrogen-bond acceptors (Lipinski definition) is 5. The number of hydrogen-bond donors (Lipinski definition) is 2. The van der Waals surface area contributed by atoms with Gasteiger partial charge >= 0.3 is 5.97 Å². The van der Waals surface area contributed by atoms with Crippen molar-refractivity contribution in [1.29, 1.82) is 0 Å². The van der Waals surface area contributed by atoms with Crippen LogP contribution in [-0.2, 0) is 9.59 Å². The smallest absolute Gasteiger partial charge is 0.309 e. The van der Waals surface area contributed by atoms with Gasteiger partial charge in [-0.2, -0.15) is 0 Å². The normalized spacial score (nSPS) is 28.3. The number of carboxylic acid groups (broad SMARTS) is 1. The van der Waals surface area contributed by atoms with Crippen LogP contribution >= 0.6 is 11.3 Å². The summed E-state index contributed by atoms with van der Waals surface area (Å²) < 4.78 is 0. The third-order valence-electron chi connectivity index (χ3n) is 4.77. The van der Waals surface area contributed by atoms with Crippen LogP contribution in [0.3, 0.4) is 0 Å². The Bertz CT molecular complexity index is 555. The molecule has 20 heavy (non-hydrogen) atoms. The van der Waals surface area contributed by atoms with Crippen molar-refractivity contribution in [2.24, 2.45) is 16.7 Å². The number of carboxylic acids is 1. The molecule has 0 aromatic carbocycles. The van der Waals surface area contributed by atoms with Crippen LogP contribution in [0.5, 0.6) is 0 Å². The summed E-state index contributed by atoms with van der Waals surface area (Å²) in [5.74, 6) is -1.35. The first-order chi connectivity index (χ1) is 9.18. The Balaban J connectivity index is 2.18. The lowest BCUT2D eigenvalue weighted by Crippen LogP contribution is -2.43. The van der Waals surface area contributed by atoms with Crippen LogP contribution in [0.1, 0.15) is 38.6 Å². The van der Waals surface area contributed by atoms with Gasteiger partial charge in [-0.1, -0.05) is 25.2 Å². The van der Waals surface area contributed by atoms with E-state index in [1.165, 1.54) is 11.3 Å². The van der Waals surface area contributed by atoms with Crippen molar-refractivity contribution in [3.63, 3.8) is 0 Å². The Hall–Kier alpha value is -1.50. The molecule has 0 aliphatic heterocycles. The zero-order valence-corrected chi connectivity index (χ0v) is 12.9. The molecule has 1 amide bonds. The highest BCUT2D eigenvalue weighted by molar-refractivity contribution is 7.15. The van der Waals surface area contributed by atoms with Crippen LogP contribution in [-0.4, -0.2) is 27.2 Å². The first-order valence-corrected chi connectivity index (χ1v) is 7.34. The van der Waals surface area contributed by atoms with Gasteiger partial charge in [-0.3, -0.25) is 9.59 Å². The predicted molar refractivity (Wildman–Crippen MR) is 75.5 cm³/mol. The van der Waals surface area contributed by atoms with E-state index in [0.717, 1.165) is 5.01 Å². The highest BCUT2D eigenvalue weighted by Crippen LogP contribution is 2.56. The van der Waals surface area contributed by atoms with Crippen LogP contribution in [0.4, 0.5) is 5.13 Å². The fourth-order valence-electron chi connectivity index (χ4n) is 2.88. The van der Waals surface area contributed by atoms with Gasteiger partial charge in [0.1, 0.15) is 5.01 Å². The first-order valence-electron chi connectivity index (χ1n) is 6.53. The minimum absolute atomic E-state index is 0.170. The number of aromatic nitrogens is 2. The molecule has 0 bridgehead atoms. The molecule has 1 heterocycles. The number of nitrogens with zero attached hydrogens (tertiary/aromatic N) is 2. The van der Waals surface area contributed by atoms with Gasteiger partial charge in [-0.25, -0.2) is 0 Å². The highest BCUT2D eigenvalue weighted by atomic mass is 32.1. The summed E-state index contributed by atoms with van der Waals surface area (Å²) in [6.45, 7) is 7.24. The zero-order valence-electron chi connectivity index (χ0n) is 12.1. The lowest BCUT2D eigenvalue weighted by molar-refractivity contribution is -0.154. The molecule has 2 N–H and O–H groups in total. The van der Waals surface area contributed by atoms with E-state index in [1.54, 1.807) is 6.92 Å². The minimum atomic E-state index is -0.883. The fraction of sp³-hybridized carbons (Fsp3) is 0.692. The number of carbonyl (C=O) groups is 2. The van der Waals surface area contributed by atoms with E-state index in [1.807, 2.05) is 20.8 Å². The topological polar surface area (TPSA) is 92.2 Å². The van der Waals surface area contributed by atoms with E-state index in [0.29, 0.717) is 18.0 Å². The molecule has 0 unspecified atom stereocenters. The first kappa shape index (κ1) is 14.9. The van der Waals surface area contributed by atoms with Gasteiger partial charge in [-0.05, 0) is 32.1 Å². The fourth-order valence-corrected chi connectivity index (χ4v) is 3.48. The van der Waals surface area contributed by atoms with Crippen molar-refractivity contribution in [2.75, 3.05) is 5.32 Å². The van der Waals surface area contributed by atoms with Crippen LogP contribution in [0, 0.1) is 23.7 Å². The Morgan fingerprint density at radius 2 is 2.00 bits per heavy atom. The molecule has 1 aliphatic rings. The van der Waals surface area contributed by atoms with Crippen LogP contribution < -0.4 is 5.32 Å². The molecule has 1 aromatic heterocycles. The van der Waals surface area contributed by atoms with Crippen molar-refractivity contribution in [1.82, 2.24) is 10.2 Å². The molecule has 0 spiro atoms. The molecular weight excluding hydrogens is 278 g/mol. The standard InChI is InChI=1S/C13H19N3O3S/c1-7-15-16-11(20-7)14-9(17)8-5-6-13(4,10(18)19)12(8,2)3/h8H,5-6H2,1-4H3,(H,18,19)(H,14,16,17)/t8-,13-/m1/s1. The van der Waals surface area contributed by atoms with Crippen LogP contribution in [0.15, 0.2) is 0 Å². The number of aryl methyl sites for hydroxylation is 1. The lowest BCUT2D eigenvalue weighted by atomic mass is 9.65. The van der Waals surface area contributed by atoms with Crippen LogP contribution in [0.2, 0.25) is 0 Å². The van der Waals surface area contributed by atoms with E-state index < -0.39 is 16.8 Å². The maximum atomic E-state index is 12.4. The summed E-state index contributed by atoms with van der Waals surface area (Å²) in [4.78, 5) is 23.9. The molecular formula is C13H19N3O3S. The number of aliphatic carboxylic acids is 1. The van der Waals surface area contributed by atoms with E-state index >= 15 is 0 Å². The van der Waals surface area contributed by atoms with Crippen molar-refractivity contribution in [2.45, 2.75) is 40.5 Å². The Kier molecular flexibility index (Phi) is 3.58. The number of carbonyl (C=O) groups excluding carboxylic acids is 1. The summed E-state index contributed by atoms with van der Waals surface area (Å²) >= 11 is 1.31. The molecule has 2 atom stereocenters. The summed E-state index contributed by atoms with van der Waals surface area (Å²) in [6, 6.07) is 0. The second kappa shape index (κ2) is 4.80. The second-order valence-electron chi connectivity index (χ2n) is 6.07. The van der Waals surface area contributed by atoms with Crippen molar-refractivity contribution >= 4 is 28.3 Å². The maximum absolute atomic E-state index is 12.4. The number of nitrogens with one attached hydrogen (secondary N) is 1. The summed E-state index contributed by atoms with van der Waals surface area (Å²) in [5.41, 5.74) is -1.49. The molecule has 110 valence electrons. The Labute approximate surface area is 121 Å². The van der Waals surface area contributed by atoms with Gasteiger partial charge < -0.3 is 10.4 Å². The average molecular weight is 297 g/mol. The molecule has 1 saturated carbocycles. The largest absolute Gasteiger partial charge is 0.481 e. The molecule has 1 aliphatic carbocycles. The maximum Gasteiger partial charge on any atom is 0.309 e. The van der Waals surface area contributed by atoms with E-state index in [4.69, 9.17) is 0 Å². The van der Waals surface area contributed by atoms with Crippen molar-refractivity contribution < 1.29 is 14.7 Å². The van der Waals surface area contributed by atoms with E-state index in [9.17, 15) is 14.7 Å².